The number of nitrogens with one attached hydrogen (secondary N) is 1. The lowest BCUT2D eigenvalue weighted by molar-refractivity contribution is 0.102. The molecule has 0 saturated heterocycles. The molecule has 0 atom stereocenters. The summed E-state index contributed by atoms with van der Waals surface area (Å²) in [5.74, 6) is 0.429. The zero-order valence-corrected chi connectivity index (χ0v) is 16.4. The Balaban J connectivity index is 1.58. The topological polar surface area (TPSA) is 91.1 Å². The number of rotatable bonds is 7. The van der Waals surface area contributed by atoms with Crippen molar-refractivity contribution in [2.24, 2.45) is 0 Å². The Morgan fingerprint density at radius 2 is 2.00 bits per heavy atom. The number of aromatic nitrogens is 2. The van der Waals surface area contributed by atoms with Crippen molar-refractivity contribution in [3.63, 3.8) is 0 Å². The standard InChI is InChI=1S/C20H19N5O2S/c1-25(12-15-5-3-4-14(10-15)11-21)13-18-23-24-20(28-18)19(26)22-16-6-8-17(27-2)9-7-16/h3-10H,12-13H2,1-2H3,(H,22,26). The van der Waals surface area contributed by atoms with Crippen LogP contribution in [0.3, 0.4) is 0 Å². The summed E-state index contributed by atoms with van der Waals surface area (Å²) in [6.07, 6.45) is 0. The summed E-state index contributed by atoms with van der Waals surface area (Å²) in [6.45, 7) is 1.23. The van der Waals surface area contributed by atoms with Crippen LogP contribution < -0.4 is 10.1 Å². The first-order valence-electron chi connectivity index (χ1n) is 8.53. The molecule has 142 valence electrons. The van der Waals surface area contributed by atoms with Crippen molar-refractivity contribution in [3.05, 3.63) is 69.7 Å². The lowest BCUT2D eigenvalue weighted by Crippen LogP contribution is -2.17. The number of nitriles is 1. The number of ether oxygens (including phenoxy) is 1. The fourth-order valence-corrected chi connectivity index (χ4v) is 3.42. The highest BCUT2D eigenvalue weighted by atomic mass is 32.1. The van der Waals surface area contributed by atoms with Gasteiger partial charge in [-0.3, -0.25) is 9.69 Å². The second-order valence-electron chi connectivity index (χ2n) is 6.17. The molecule has 0 bridgehead atoms. The monoisotopic (exact) mass is 393 g/mol. The van der Waals surface area contributed by atoms with Gasteiger partial charge in [0.2, 0.25) is 5.01 Å². The normalized spacial score (nSPS) is 10.5. The summed E-state index contributed by atoms with van der Waals surface area (Å²) in [6, 6.07) is 16.7. The molecule has 8 heteroatoms. The number of hydrogen-bond donors (Lipinski definition) is 1. The van der Waals surface area contributed by atoms with Crippen molar-refractivity contribution < 1.29 is 9.53 Å². The van der Waals surface area contributed by atoms with Gasteiger partial charge in [0.15, 0.2) is 0 Å². The van der Waals surface area contributed by atoms with Crippen LogP contribution >= 0.6 is 11.3 Å². The number of nitrogens with zero attached hydrogens (tertiary/aromatic N) is 4. The van der Waals surface area contributed by atoms with E-state index in [1.54, 1.807) is 37.4 Å². The van der Waals surface area contributed by atoms with E-state index in [2.05, 4.69) is 26.5 Å². The molecular formula is C20H19N5O2S. The summed E-state index contributed by atoms with van der Waals surface area (Å²) < 4.78 is 5.10. The van der Waals surface area contributed by atoms with Crippen molar-refractivity contribution in [1.29, 1.82) is 5.26 Å². The summed E-state index contributed by atoms with van der Waals surface area (Å²) in [7, 11) is 3.55. The molecule has 0 radical (unpaired) electrons. The largest absolute Gasteiger partial charge is 0.497 e. The molecule has 1 aromatic heterocycles. The molecule has 0 aliphatic carbocycles. The number of amides is 1. The molecule has 1 amide bonds. The average molecular weight is 393 g/mol. The molecule has 0 spiro atoms. The van der Waals surface area contributed by atoms with E-state index in [4.69, 9.17) is 10.00 Å². The van der Waals surface area contributed by atoms with Crippen molar-refractivity contribution >= 4 is 22.9 Å². The zero-order chi connectivity index (χ0) is 19.9. The van der Waals surface area contributed by atoms with Crippen LogP contribution in [0.25, 0.3) is 0 Å². The number of methoxy groups -OCH3 is 1. The number of hydrogen-bond acceptors (Lipinski definition) is 7. The molecule has 0 aliphatic heterocycles. The average Bonchev–Trinajstić information content (AvgIpc) is 3.17. The molecule has 7 nitrogen and oxygen atoms in total. The first kappa shape index (κ1) is 19.5. The summed E-state index contributed by atoms with van der Waals surface area (Å²) in [5.41, 5.74) is 2.35. The minimum atomic E-state index is -0.293. The molecule has 0 unspecified atom stereocenters. The van der Waals surface area contributed by atoms with Gasteiger partial charge in [0.1, 0.15) is 10.8 Å². The smallest absolute Gasteiger partial charge is 0.286 e. The summed E-state index contributed by atoms with van der Waals surface area (Å²) >= 11 is 1.26. The van der Waals surface area contributed by atoms with Crippen molar-refractivity contribution in [3.8, 4) is 11.8 Å². The molecule has 0 aliphatic rings. The predicted molar refractivity (Wildman–Crippen MR) is 107 cm³/mol. The number of anilines is 1. The number of carbonyl (C=O) groups is 1. The highest BCUT2D eigenvalue weighted by Crippen LogP contribution is 2.18. The van der Waals surface area contributed by atoms with E-state index in [1.807, 2.05) is 25.2 Å². The van der Waals surface area contributed by atoms with Gasteiger partial charge in [-0.1, -0.05) is 23.5 Å². The fourth-order valence-electron chi connectivity index (χ4n) is 2.61. The lowest BCUT2D eigenvalue weighted by atomic mass is 10.1. The van der Waals surface area contributed by atoms with Crippen molar-refractivity contribution in [2.45, 2.75) is 13.1 Å². The Morgan fingerprint density at radius 1 is 1.21 bits per heavy atom. The van der Waals surface area contributed by atoms with Crippen LogP contribution in [0, 0.1) is 11.3 Å². The van der Waals surface area contributed by atoms with E-state index in [0.717, 1.165) is 16.3 Å². The van der Waals surface area contributed by atoms with E-state index in [9.17, 15) is 4.79 Å². The van der Waals surface area contributed by atoms with E-state index in [0.29, 0.717) is 29.3 Å². The lowest BCUT2D eigenvalue weighted by Gasteiger charge is -2.14. The molecule has 28 heavy (non-hydrogen) atoms. The van der Waals surface area contributed by atoms with Gasteiger partial charge in [0.25, 0.3) is 5.91 Å². The van der Waals surface area contributed by atoms with Gasteiger partial charge < -0.3 is 10.1 Å². The Hall–Kier alpha value is -3.28. The molecular weight excluding hydrogens is 374 g/mol. The van der Waals surface area contributed by atoms with E-state index in [-0.39, 0.29) is 5.91 Å². The van der Waals surface area contributed by atoms with Crippen molar-refractivity contribution in [2.75, 3.05) is 19.5 Å². The van der Waals surface area contributed by atoms with E-state index in [1.165, 1.54) is 11.3 Å². The van der Waals surface area contributed by atoms with E-state index >= 15 is 0 Å². The summed E-state index contributed by atoms with van der Waals surface area (Å²) in [4.78, 5) is 14.4. The van der Waals surface area contributed by atoms with Crippen molar-refractivity contribution in [1.82, 2.24) is 15.1 Å². The molecule has 0 saturated carbocycles. The first-order chi connectivity index (χ1) is 13.6. The number of carbonyl (C=O) groups excluding carboxylic acids is 1. The van der Waals surface area contributed by atoms with Gasteiger partial charge in [-0.2, -0.15) is 5.26 Å². The number of benzene rings is 2. The second kappa shape index (κ2) is 9.08. The van der Waals surface area contributed by atoms with Gasteiger partial charge in [-0.25, -0.2) is 0 Å². The van der Waals surface area contributed by atoms with Crippen LogP contribution in [0.2, 0.25) is 0 Å². The SMILES string of the molecule is COc1ccc(NC(=O)c2nnc(CN(C)Cc3cccc(C#N)c3)s2)cc1. The van der Waals surface area contributed by atoms with Crippen LogP contribution in [-0.4, -0.2) is 35.2 Å². The highest BCUT2D eigenvalue weighted by molar-refractivity contribution is 7.13. The van der Waals surface area contributed by atoms with Crippen LogP contribution in [0.5, 0.6) is 5.75 Å². The minimum Gasteiger partial charge on any atom is -0.497 e. The first-order valence-corrected chi connectivity index (χ1v) is 9.34. The van der Waals surface area contributed by atoms with Gasteiger partial charge >= 0.3 is 0 Å². The molecule has 0 fully saturated rings. The maximum Gasteiger partial charge on any atom is 0.286 e. The Labute approximate surface area is 167 Å². The Morgan fingerprint density at radius 3 is 2.71 bits per heavy atom. The Kier molecular flexibility index (Phi) is 6.32. The molecule has 3 rings (SSSR count). The van der Waals surface area contributed by atoms with Crippen LogP contribution in [0.15, 0.2) is 48.5 Å². The maximum atomic E-state index is 12.4. The third kappa shape index (κ3) is 5.13. The molecule has 3 aromatic rings. The van der Waals surface area contributed by atoms with E-state index < -0.39 is 0 Å². The summed E-state index contributed by atoms with van der Waals surface area (Å²) in [5, 5.41) is 21.0. The third-order valence-electron chi connectivity index (χ3n) is 3.92. The molecule has 1 heterocycles. The van der Waals surface area contributed by atoms with Crippen LogP contribution in [-0.2, 0) is 13.1 Å². The zero-order valence-electron chi connectivity index (χ0n) is 15.5. The third-order valence-corrected chi connectivity index (χ3v) is 4.83. The van der Waals surface area contributed by atoms with Gasteiger partial charge in [-0.15, -0.1) is 10.2 Å². The van der Waals surface area contributed by atoms with Gasteiger partial charge in [0, 0.05) is 12.2 Å². The Bertz CT molecular complexity index is 994. The van der Waals surface area contributed by atoms with Crippen LogP contribution in [0.1, 0.15) is 25.9 Å². The maximum absolute atomic E-state index is 12.4. The minimum absolute atomic E-state index is 0.293. The van der Waals surface area contributed by atoms with Gasteiger partial charge in [0.05, 0.1) is 25.3 Å². The fraction of sp³-hybridized carbons (Fsp3) is 0.200. The second-order valence-corrected chi connectivity index (χ2v) is 7.23. The van der Waals surface area contributed by atoms with Crippen LogP contribution in [0.4, 0.5) is 5.69 Å². The molecule has 2 aromatic carbocycles. The quantitative estimate of drug-likeness (QED) is 0.662. The molecule has 1 N–H and O–H groups in total. The highest BCUT2D eigenvalue weighted by Gasteiger charge is 2.14. The van der Waals surface area contributed by atoms with Gasteiger partial charge in [-0.05, 0) is 49.0 Å². The predicted octanol–water partition coefficient (Wildman–Crippen LogP) is 3.30.